The maximum absolute atomic E-state index is 12.0. The van der Waals surface area contributed by atoms with E-state index in [1.165, 1.54) is 19.1 Å². The molecule has 1 aromatic heterocycles. The number of hydrogen-bond donors (Lipinski definition) is 4. The third-order valence-electron chi connectivity index (χ3n) is 8.27. The van der Waals surface area contributed by atoms with Crippen molar-refractivity contribution in [1.29, 1.82) is 0 Å². The first kappa shape index (κ1) is 40.8. The van der Waals surface area contributed by atoms with Gasteiger partial charge in [-0.15, -0.1) is 0 Å². The summed E-state index contributed by atoms with van der Waals surface area (Å²) in [5.41, 5.74) is 3.82. The number of likely N-dealkylation sites (N-methyl/N-ethyl adjacent to an activating group) is 1. The standard InChI is InChI=1S/C37H46N6O9S/c1-26(44)28-8-12-33(13-9-28)52-37(49)51-19-18-50-17-14-38-36(53)40-29-10-6-27(7-11-29)20-32-23-42(24-34(45)46)16-15-41(2)21-30-4-3-5-31(39-30)22-43(32)25-35(47)48/h3-13,32H,14-25H2,1-2H3,(H,45,46)(H,47,48)(H2,38,40,53). The molecule has 0 radical (unpaired) electrons. The quantitative estimate of drug-likeness (QED) is 0.0584. The molecule has 1 unspecified atom stereocenters. The summed E-state index contributed by atoms with van der Waals surface area (Å²) < 4.78 is 15.6. The number of ketones is 1. The van der Waals surface area contributed by atoms with Gasteiger partial charge in [-0.25, -0.2) is 4.79 Å². The zero-order valence-electron chi connectivity index (χ0n) is 29.9. The summed E-state index contributed by atoms with van der Waals surface area (Å²) in [7, 11) is 1.97. The number of Topliss-reactive ketones (excluding diaryl/α,β-unsaturated/α-hetero) is 1. The molecule has 0 aliphatic carbocycles. The summed E-state index contributed by atoms with van der Waals surface area (Å²) in [5.74, 6) is -1.74. The van der Waals surface area contributed by atoms with E-state index in [1.54, 1.807) is 12.1 Å². The first-order valence-corrected chi connectivity index (χ1v) is 17.5. The van der Waals surface area contributed by atoms with E-state index >= 15 is 0 Å². The molecule has 2 aromatic carbocycles. The fourth-order valence-corrected chi connectivity index (χ4v) is 5.90. The van der Waals surface area contributed by atoms with E-state index in [0.29, 0.717) is 63.0 Å². The van der Waals surface area contributed by atoms with Gasteiger partial charge in [0, 0.05) is 56.6 Å². The molecule has 284 valence electrons. The fourth-order valence-electron chi connectivity index (χ4n) is 5.68. The van der Waals surface area contributed by atoms with Crippen LogP contribution < -0.4 is 15.4 Å². The molecule has 2 bridgehead atoms. The molecule has 4 N–H and O–H groups in total. The average Bonchev–Trinajstić information content (AvgIpc) is 3.10. The second-order valence-electron chi connectivity index (χ2n) is 12.6. The van der Waals surface area contributed by atoms with Crippen LogP contribution in [0.5, 0.6) is 5.75 Å². The maximum Gasteiger partial charge on any atom is 0.513 e. The van der Waals surface area contributed by atoms with Crippen LogP contribution in [0.4, 0.5) is 10.5 Å². The van der Waals surface area contributed by atoms with Gasteiger partial charge in [0.25, 0.3) is 0 Å². The summed E-state index contributed by atoms with van der Waals surface area (Å²) in [6, 6.07) is 19.2. The topological polar surface area (TPSA) is 183 Å². The smallest absolute Gasteiger partial charge is 0.480 e. The van der Waals surface area contributed by atoms with Crippen LogP contribution in [0.3, 0.4) is 0 Å². The number of carbonyl (C=O) groups is 4. The summed E-state index contributed by atoms with van der Waals surface area (Å²) in [6.07, 6.45) is -0.395. The fraction of sp³-hybridized carbons (Fsp3) is 0.405. The first-order chi connectivity index (χ1) is 25.4. The van der Waals surface area contributed by atoms with E-state index in [0.717, 1.165) is 22.6 Å². The lowest BCUT2D eigenvalue weighted by molar-refractivity contribution is -0.141. The van der Waals surface area contributed by atoms with Crippen LogP contribution in [-0.2, 0) is 38.6 Å². The second kappa shape index (κ2) is 20.9. The molecule has 0 amide bonds. The van der Waals surface area contributed by atoms with E-state index in [1.807, 2.05) is 59.3 Å². The predicted molar refractivity (Wildman–Crippen MR) is 200 cm³/mol. The number of nitrogens with one attached hydrogen (secondary N) is 2. The molecule has 3 aromatic rings. The van der Waals surface area contributed by atoms with Gasteiger partial charge in [0.1, 0.15) is 12.4 Å². The number of aromatic nitrogens is 1. The normalized spacial score (nSPS) is 15.7. The number of carboxylic acid groups (broad SMARTS) is 2. The Hall–Kier alpha value is -5.00. The molecule has 53 heavy (non-hydrogen) atoms. The van der Waals surface area contributed by atoms with E-state index in [9.17, 15) is 29.4 Å². The number of anilines is 1. The number of ether oxygens (including phenoxy) is 3. The van der Waals surface area contributed by atoms with E-state index in [2.05, 4.69) is 15.5 Å². The molecule has 2 heterocycles. The van der Waals surface area contributed by atoms with E-state index in [4.69, 9.17) is 31.4 Å². The molecule has 0 fully saturated rings. The Kier molecular flexibility index (Phi) is 16.1. The molecule has 15 nitrogen and oxygen atoms in total. The lowest BCUT2D eigenvalue weighted by atomic mass is 10.0. The van der Waals surface area contributed by atoms with Gasteiger partial charge in [0.05, 0.1) is 37.7 Å². The highest BCUT2D eigenvalue weighted by Gasteiger charge is 2.26. The van der Waals surface area contributed by atoms with Crippen molar-refractivity contribution in [2.75, 3.05) is 71.5 Å². The average molecular weight is 751 g/mol. The zero-order valence-corrected chi connectivity index (χ0v) is 30.7. The number of carboxylic acids is 2. The number of benzene rings is 2. The molecule has 1 atom stereocenters. The molecule has 0 saturated carbocycles. The Labute approximate surface area is 313 Å². The van der Waals surface area contributed by atoms with Crippen LogP contribution >= 0.6 is 12.2 Å². The minimum absolute atomic E-state index is 0.00661. The molecule has 16 heteroatoms. The van der Waals surface area contributed by atoms with Gasteiger partial charge in [-0.1, -0.05) is 18.2 Å². The molecular weight excluding hydrogens is 705 g/mol. The minimum Gasteiger partial charge on any atom is -0.480 e. The summed E-state index contributed by atoms with van der Waals surface area (Å²) in [6.45, 7) is 4.30. The Morgan fingerprint density at radius 2 is 1.58 bits per heavy atom. The lowest BCUT2D eigenvalue weighted by Crippen LogP contribution is -2.49. The minimum atomic E-state index is -0.975. The number of thiocarbonyl (C=S) groups is 1. The number of fused-ring (bicyclic) bond motifs is 2. The van der Waals surface area contributed by atoms with Gasteiger partial charge in [0.2, 0.25) is 0 Å². The van der Waals surface area contributed by atoms with Crippen LogP contribution in [0.2, 0.25) is 0 Å². The van der Waals surface area contributed by atoms with Gasteiger partial charge >= 0.3 is 18.1 Å². The third-order valence-corrected chi connectivity index (χ3v) is 8.51. The molecule has 0 saturated heterocycles. The second-order valence-corrected chi connectivity index (χ2v) is 13.0. The Bertz CT molecular complexity index is 1690. The Balaban J connectivity index is 1.26. The molecular formula is C37H46N6O9S. The van der Waals surface area contributed by atoms with Crippen LogP contribution in [0.1, 0.15) is 34.2 Å². The number of carbonyl (C=O) groups excluding carboxylic acids is 2. The Morgan fingerprint density at radius 1 is 0.887 bits per heavy atom. The number of pyridine rings is 1. The predicted octanol–water partition coefficient (Wildman–Crippen LogP) is 3.13. The summed E-state index contributed by atoms with van der Waals surface area (Å²) in [4.78, 5) is 57.6. The lowest BCUT2D eigenvalue weighted by Gasteiger charge is -2.35. The van der Waals surface area contributed by atoms with Crippen molar-refractivity contribution in [2.45, 2.75) is 32.5 Å². The van der Waals surface area contributed by atoms with Crippen molar-refractivity contribution >= 4 is 46.9 Å². The Morgan fingerprint density at radius 3 is 2.26 bits per heavy atom. The number of nitrogens with zero attached hydrogens (tertiary/aromatic N) is 4. The summed E-state index contributed by atoms with van der Waals surface area (Å²) in [5, 5.41) is 26.1. The van der Waals surface area contributed by atoms with Gasteiger partial charge < -0.3 is 35.1 Å². The van der Waals surface area contributed by atoms with Crippen molar-refractivity contribution in [2.24, 2.45) is 0 Å². The highest BCUT2D eigenvalue weighted by atomic mass is 32.1. The SMILES string of the molecule is CC(=O)c1ccc(OC(=O)OCCOCCNC(=S)Nc2ccc(CC3CN(CC(=O)O)CCN(C)Cc4cccc(n4)CN3CC(=O)O)cc2)cc1. The van der Waals surface area contributed by atoms with Gasteiger partial charge in [0.15, 0.2) is 10.9 Å². The van der Waals surface area contributed by atoms with Crippen molar-refractivity contribution < 1.29 is 43.6 Å². The summed E-state index contributed by atoms with van der Waals surface area (Å²) >= 11 is 5.42. The third kappa shape index (κ3) is 14.9. The van der Waals surface area contributed by atoms with Crippen molar-refractivity contribution in [3.8, 4) is 5.75 Å². The highest BCUT2D eigenvalue weighted by Crippen LogP contribution is 2.18. The van der Waals surface area contributed by atoms with Crippen LogP contribution in [0.15, 0.2) is 66.7 Å². The monoisotopic (exact) mass is 750 g/mol. The molecule has 1 aliphatic rings. The number of hydrogen-bond acceptors (Lipinski definition) is 12. The molecule has 0 spiro atoms. The van der Waals surface area contributed by atoms with Gasteiger partial charge in [-0.3, -0.25) is 34.1 Å². The number of rotatable bonds is 15. The molecule has 4 rings (SSSR count). The van der Waals surface area contributed by atoms with Crippen molar-refractivity contribution in [3.05, 3.63) is 89.2 Å². The van der Waals surface area contributed by atoms with Crippen LogP contribution in [0.25, 0.3) is 0 Å². The van der Waals surface area contributed by atoms with Crippen LogP contribution in [0, 0.1) is 0 Å². The largest absolute Gasteiger partial charge is 0.513 e. The van der Waals surface area contributed by atoms with Gasteiger partial charge in [-0.05, 0) is 86.7 Å². The molecule has 1 aliphatic heterocycles. The number of aliphatic carboxylic acids is 2. The van der Waals surface area contributed by atoms with E-state index in [-0.39, 0.29) is 43.9 Å². The van der Waals surface area contributed by atoms with Crippen LogP contribution in [-0.4, -0.2) is 131 Å². The van der Waals surface area contributed by atoms with Gasteiger partial charge in [-0.2, -0.15) is 0 Å². The van der Waals surface area contributed by atoms with Crippen molar-refractivity contribution in [3.63, 3.8) is 0 Å². The van der Waals surface area contributed by atoms with Crippen molar-refractivity contribution in [1.82, 2.24) is 25.0 Å². The van der Waals surface area contributed by atoms with E-state index < -0.39 is 18.1 Å². The maximum atomic E-state index is 12.0. The highest BCUT2D eigenvalue weighted by molar-refractivity contribution is 7.80. The first-order valence-electron chi connectivity index (χ1n) is 17.1. The zero-order chi connectivity index (χ0) is 38.2.